The van der Waals surface area contributed by atoms with Crippen LogP contribution in [0.3, 0.4) is 0 Å². The van der Waals surface area contributed by atoms with Gasteiger partial charge in [0.1, 0.15) is 6.54 Å². The second-order valence-corrected chi connectivity index (χ2v) is 7.65. The fourth-order valence-electron chi connectivity index (χ4n) is 3.71. The van der Waals surface area contributed by atoms with Crippen LogP contribution < -0.4 is 16.3 Å². The molecule has 0 bridgehead atoms. The van der Waals surface area contributed by atoms with Crippen LogP contribution in [0.25, 0.3) is 11.0 Å². The minimum atomic E-state index is -0.304. The first kappa shape index (κ1) is 21.1. The molecular formula is C25H24N4O3. The molecule has 32 heavy (non-hydrogen) atoms. The molecule has 3 aromatic carbocycles. The third-order valence-electron chi connectivity index (χ3n) is 5.41. The SMILES string of the molecule is CC(NC(=O)Cn1c(=O)n(C)c2ccccc21)c1cccc(NC(=O)c2ccccc2)c1. The van der Waals surface area contributed by atoms with Gasteiger partial charge in [-0.15, -0.1) is 0 Å². The summed E-state index contributed by atoms with van der Waals surface area (Å²) in [6, 6.07) is 23.4. The van der Waals surface area contributed by atoms with Crippen LogP contribution in [0.4, 0.5) is 5.69 Å². The van der Waals surface area contributed by atoms with Crippen LogP contribution >= 0.6 is 0 Å². The van der Waals surface area contributed by atoms with Crippen LogP contribution in [-0.2, 0) is 18.4 Å². The molecule has 162 valence electrons. The van der Waals surface area contributed by atoms with Crippen LogP contribution in [0.1, 0.15) is 28.9 Å². The van der Waals surface area contributed by atoms with Crippen LogP contribution in [-0.4, -0.2) is 20.9 Å². The maximum atomic E-state index is 12.7. The lowest BCUT2D eigenvalue weighted by Crippen LogP contribution is -2.34. The van der Waals surface area contributed by atoms with Crippen LogP contribution in [0.2, 0.25) is 0 Å². The van der Waals surface area contributed by atoms with E-state index >= 15 is 0 Å². The quantitative estimate of drug-likeness (QED) is 0.493. The highest BCUT2D eigenvalue weighted by Crippen LogP contribution is 2.18. The van der Waals surface area contributed by atoms with E-state index in [1.54, 1.807) is 25.2 Å². The van der Waals surface area contributed by atoms with Crippen molar-refractivity contribution in [3.8, 4) is 0 Å². The van der Waals surface area contributed by atoms with Gasteiger partial charge in [-0.2, -0.15) is 0 Å². The number of benzene rings is 3. The largest absolute Gasteiger partial charge is 0.348 e. The number of nitrogens with zero attached hydrogens (tertiary/aromatic N) is 2. The van der Waals surface area contributed by atoms with Gasteiger partial charge in [0.15, 0.2) is 0 Å². The van der Waals surface area contributed by atoms with Crippen molar-refractivity contribution in [1.82, 2.24) is 14.5 Å². The van der Waals surface area contributed by atoms with Crippen LogP contribution in [0, 0.1) is 0 Å². The Kier molecular flexibility index (Phi) is 5.89. The van der Waals surface area contributed by atoms with E-state index in [1.807, 2.05) is 67.6 Å². The number of imidazole rings is 1. The average Bonchev–Trinajstić information content (AvgIpc) is 3.05. The number of carbonyl (C=O) groups is 2. The number of nitrogens with one attached hydrogen (secondary N) is 2. The summed E-state index contributed by atoms with van der Waals surface area (Å²) in [5.74, 6) is -0.468. The second kappa shape index (κ2) is 8.93. The number of aromatic nitrogens is 2. The van der Waals surface area contributed by atoms with E-state index in [0.29, 0.717) is 16.8 Å². The maximum absolute atomic E-state index is 12.7. The third-order valence-corrected chi connectivity index (χ3v) is 5.41. The van der Waals surface area contributed by atoms with E-state index < -0.39 is 0 Å². The predicted octanol–water partition coefficient (Wildman–Crippen LogP) is 3.47. The molecule has 1 heterocycles. The summed E-state index contributed by atoms with van der Waals surface area (Å²) in [7, 11) is 1.69. The molecule has 1 atom stereocenters. The molecule has 0 radical (unpaired) electrons. The smallest absolute Gasteiger partial charge is 0.329 e. The van der Waals surface area contributed by atoms with Gasteiger partial charge in [0.2, 0.25) is 5.91 Å². The van der Waals surface area contributed by atoms with Gasteiger partial charge < -0.3 is 10.6 Å². The highest BCUT2D eigenvalue weighted by atomic mass is 16.2. The summed E-state index contributed by atoms with van der Waals surface area (Å²) in [4.78, 5) is 37.7. The molecule has 7 heteroatoms. The number of hydrogen-bond acceptors (Lipinski definition) is 3. The summed E-state index contributed by atoms with van der Waals surface area (Å²) >= 11 is 0. The fourth-order valence-corrected chi connectivity index (χ4v) is 3.71. The van der Waals surface area contributed by atoms with Gasteiger partial charge in [-0.1, -0.05) is 42.5 Å². The molecule has 0 saturated heterocycles. The summed E-state index contributed by atoms with van der Waals surface area (Å²) in [6.07, 6.45) is 0. The number of carbonyl (C=O) groups excluding carboxylic acids is 2. The van der Waals surface area contributed by atoms with Crippen molar-refractivity contribution in [3.63, 3.8) is 0 Å². The molecule has 0 aliphatic carbocycles. The molecular weight excluding hydrogens is 404 g/mol. The highest BCUT2D eigenvalue weighted by molar-refractivity contribution is 6.04. The van der Waals surface area contributed by atoms with E-state index in [1.165, 1.54) is 9.13 Å². The Hall–Kier alpha value is -4.13. The standard InChI is InChI=1S/C25H24N4O3/c1-17(19-11-8-12-20(15-19)27-24(31)18-9-4-3-5-10-18)26-23(30)16-29-22-14-7-6-13-21(22)28(2)25(29)32/h3-15,17H,16H2,1-2H3,(H,26,30)(H,27,31). The molecule has 4 aromatic rings. The predicted molar refractivity (Wildman–Crippen MR) is 125 cm³/mol. The van der Waals surface area contributed by atoms with Gasteiger partial charge in [0, 0.05) is 18.3 Å². The summed E-state index contributed by atoms with van der Waals surface area (Å²) < 4.78 is 3.00. The number of rotatable bonds is 6. The zero-order valence-corrected chi connectivity index (χ0v) is 17.9. The van der Waals surface area contributed by atoms with Gasteiger partial charge in [0.25, 0.3) is 5.91 Å². The maximum Gasteiger partial charge on any atom is 0.329 e. The summed E-state index contributed by atoms with van der Waals surface area (Å²) in [6.45, 7) is 1.79. The Labute approximate surface area is 185 Å². The first-order chi connectivity index (χ1) is 15.4. The fraction of sp³-hybridized carbons (Fsp3) is 0.160. The van der Waals surface area contributed by atoms with Crippen molar-refractivity contribution in [2.45, 2.75) is 19.5 Å². The zero-order chi connectivity index (χ0) is 22.7. The molecule has 0 aliphatic heterocycles. The molecule has 1 unspecified atom stereocenters. The number of para-hydroxylation sites is 2. The molecule has 2 N–H and O–H groups in total. The molecule has 4 rings (SSSR count). The third kappa shape index (κ3) is 4.32. The molecule has 0 aliphatic rings. The van der Waals surface area contributed by atoms with Crippen LogP contribution in [0.5, 0.6) is 0 Å². The minimum Gasteiger partial charge on any atom is -0.348 e. The Morgan fingerprint density at radius 2 is 1.59 bits per heavy atom. The Morgan fingerprint density at radius 3 is 2.34 bits per heavy atom. The Bertz CT molecular complexity index is 1340. The molecule has 0 spiro atoms. The van der Waals surface area contributed by atoms with Crippen LogP contribution in [0.15, 0.2) is 83.7 Å². The molecule has 2 amide bonds. The number of anilines is 1. The van der Waals surface area contributed by atoms with Gasteiger partial charge in [-0.05, 0) is 48.9 Å². The van der Waals surface area contributed by atoms with Gasteiger partial charge in [-0.3, -0.25) is 18.7 Å². The number of fused-ring (bicyclic) bond motifs is 1. The Balaban J connectivity index is 1.45. The van der Waals surface area contributed by atoms with E-state index in [4.69, 9.17) is 0 Å². The van der Waals surface area contributed by atoms with Crippen molar-refractivity contribution < 1.29 is 9.59 Å². The van der Waals surface area contributed by atoms with Crippen molar-refractivity contribution in [3.05, 3.63) is 100 Å². The first-order valence-corrected chi connectivity index (χ1v) is 10.3. The lowest BCUT2D eigenvalue weighted by atomic mass is 10.1. The molecule has 7 nitrogen and oxygen atoms in total. The summed E-state index contributed by atoms with van der Waals surface area (Å²) in [5, 5.41) is 5.81. The monoisotopic (exact) mass is 428 g/mol. The minimum absolute atomic E-state index is 0.0744. The first-order valence-electron chi connectivity index (χ1n) is 10.3. The van der Waals surface area contributed by atoms with Crippen molar-refractivity contribution >= 4 is 28.5 Å². The van der Waals surface area contributed by atoms with E-state index in [0.717, 1.165) is 11.1 Å². The van der Waals surface area contributed by atoms with E-state index in [9.17, 15) is 14.4 Å². The topological polar surface area (TPSA) is 85.1 Å². The molecule has 1 aromatic heterocycles. The van der Waals surface area contributed by atoms with Gasteiger partial charge in [0.05, 0.1) is 17.1 Å². The Morgan fingerprint density at radius 1 is 0.906 bits per heavy atom. The van der Waals surface area contributed by atoms with E-state index in [-0.39, 0.29) is 30.1 Å². The zero-order valence-electron chi connectivity index (χ0n) is 17.9. The van der Waals surface area contributed by atoms with Gasteiger partial charge >= 0.3 is 5.69 Å². The lowest BCUT2D eigenvalue weighted by Gasteiger charge is -2.16. The van der Waals surface area contributed by atoms with Crippen molar-refractivity contribution in [1.29, 1.82) is 0 Å². The lowest BCUT2D eigenvalue weighted by molar-refractivity contribution is -0.122. The van der Waals surface area contributed by atoms with Gasteiger partial charge in [-0.25, -0.2) is 4.79 Å². The van der Waals surface area contributed by atoms with Crippen molar-refractivity contribution in [2.75, 3.05) is 5.32 Å². The normalized spacial score (nSPS) is 11.8. The summed E-state index contributed by atoms with van der Waals surface area (Å²) in [5.41, 5.74) is 3.31. The highest BCUT2D eigenvalue weighted by Gasteiger charge is 2.16. The number of aryl methyl sites for hydroxylation is 1. The molecule has 0 fully saturated rings. The number of amides is 2. The van der Waals surface area contributed by atoms with Crippen molar-refractivity contribution in [2.24, 2.45) is 7.05 Å². The average molecular weight is 428 g/mol. The second-order valence-electron chi connectivity index (χ2n) is 7.65. The van der Waals surface area contributed by atoms with E-state index in [2.05, 4.69) is 10.6 Å². The molecule has 0 saturated carbocycles. The number of hydrogen-bond donors (Lipinski definition) is 2.